The lowest BCUT2D eigenvalue weighted by molar-refractivity contribution is -0.117. The first-order chi connectivity index (χ1) is 12.9. The van der Waals surface area contributed by atoms with Gasteiger partial charge < -0.3 is 5.73 Å². The van der Waals surface area contributed by atoms with Gasteiger partial charge in [-0.1, -0.05) is 53.2 Å². The van der Waals surface area contributed by atoms with Gasteiger partial charge in [0, 0.05) is 10.7 Å². The van der Waals surface area contributed by atoms with Crippen molar-refractivity contribution in [2.24, 2.45) is 5.73 Å². The molecule has 3 rings (SSSR count). The summed E-state index contributed by atoms with van der Waals surface area (Å²) >= 11 is 7.21. The zero-order chi connectivity index (χ0) is 19.6. The Hall–Kier alpha value is -2.75. The quantitative estimate of drug-likeness (QED) is 0.631. The molecule has 0 radical (unpaired) electrons. The van der Waals surface area contributed by atoms with Gasteiger partial charge in [0.2, 0.25) is 5.91 Å². The average Bonchev–Trinajstić information content (AvgIpc) is 2.92. The van der Waals surface area contributed by atoms with Crippen LogP contribution in [-0.2, 0) is 16.0 Å². The van der Waals surface area contributed by atoms with Crippen molar-refractivity contribution in [1.82, 2.24) is 0 Å². The maximum absolute atomic E-state index is 13.1. The Balaban J connectivity index is 2.03. The molecule has 1 aliphatic rings. The highest BCUT2D eigenvalue weighted by atomic mass is 35.5. The topological polar surface area (TPSA) is 87.2 Å². The molecule has 0 bridgehead atoms. The van der Waals surface area contributed by atoms with Gasteiger partial charge in [0.15, 0.2) is 0 Å². The van der Waals surface area contributed by atoms with Gasteiger partial charge in [-0.15, -0.1) is 0 Å². The molecule has 1 saturated heterocycles. The van der Waals surface area contributed by atoms with Crippen LogP contribution in [0.3, 0.4) is 0 Å². The molecular weight excluding hydrogens is 382 g/mol. The number of carbonyl (C=O) groups excluding carboxylic acids is 2. The third kappa shape index (κ3) is 4.00. The second kappa shape index (κ2) is 7.87. The first-order valence-corrected chi connectivity index (χ1v) is 9.42. The van der Waals surface area contributed by atoms with Gasteiger partial charge >= 0.3 is 0 Å². The monoisotopic (exact) mass is 397 g/mol. The standard InChI is InChI=1S/C20H16ClN3O2S/c1-12-5-7-15(8-6-12)24-19(26)17(10-13-3-2-4-14(21)9-13)27-20(24)16(11-22)18(23)25/h2-9,17H,10H2,1H3,(H2,23,25)/b20-16-/t17-/m0/s1. The van der Waals surface area contributed by atoms with Crippen LogP contribution in [0.1, 0.15) is 11.1 Å². The van der Waals surface area contributed by atoms with Crippen molar-refractivity contribution in [3.8, 4) is 6.07 Å². The van der Waals surface area contributed by atoms with E-state index in [2.05, 4.69) is 0 Å². The fraction of sp³-hybridized carbons (Fsp3) is 0.150. The number of anilines is 1. The number of nitrogens with zero attached hydrogens (tertiary/aromatic N) is 2. The third-order valence-electron chi connectivity index (χ3n) is 4.13. The van der Waals surface area contributed by atoms with Crippen LogP contribution in [0.2, 0.25) is 5.02 Å². The predicted molar refractivity (Wildman–Crippen MR) is 107 cm³/mol. The van der Waals surface area contributed by atoms with Gasteiger partial charge in [-0.3, -0.25) is 14.5 Å². The molecule has 1 atom stereocenters. The fourth-order valence-electron chi connectivity index (χ4n) is 2.81. The zero-order valence-electron chi connectivity index (χ0n) is 14.5. The number of rotatable bonds is 4. The summed E-state index contributed by atoms with van der Waals surface area (Å²) in [7, 11) is 0. The number of hydrogen-bond donors (Lipinski definition) is 1. The number of thioether (sulfide) groups is 1. The Morgan fingerprint density at radius 1 is 1.30 bits per heavy atom. The SMILES string of the molecule is Cc1ccc(N2C(=O)[C@H](Cc3cccc(Cl)c3)S/C2=C(/C#N)C(N)=O)cc1. The van der Waals surface area contributed by atoms with E-state index < -0.39 is 11.2 Å². The van der Waals surface area contributed by atoms with Crippen LogP contribution >= 0.6 is 23.4 Å². The zero-order valence-corrected chi connectivity index (χ0v) is 16.1. The van der Waals surface area contributed by atoms with E-state index in [0.29, 0.717) is 17.1 Å². The molecule has 2 aromatic carbocycles. The molecule has 7 heteroatoms. The van der Waals surface area contributed by atoms with E-state index in [1.807, 2.05) is 37.3 Å². The minimum atomic E-state index is -0.853. The van der Waals surface area contributed by atoms with Gasteiger partial charge in [-0.25, -0.2) is 0 Å². The molecule has 2 aromatic rings. The van der Waals surface area contributed by atoms with Crippen LogP contribution in [0.4, 0.5) is 5.69 Å². The second-order valence-corrected chi connectivity index (χ2v) is 7.73. The molecule has 0 saturated carbocycles. The van der Waals surface area contributed by atoms with Gasteiger partial charge in [0.1, 0.15) is 16.7 Å². The van der Waals surface area contributed by atoms with E-state index in [1.54, 1.807) is 24.3 Å². The molecule has 27 heavy (non-hydrogen) atoms. The Kier molecular flexibility index (Phi) is 5.54. The summed E-state index contributed by atoms with van der Waals surface area (Å²) in [6.45, 7) is 1.94. The van der Waals surface area contributed by atoms with Gasteiger partial charge in [0.05, 0.1) is 5.25 Å². The Labute approximate surface area is 166 Å². The molecule has 0 unspecified atom stereocenters. The van der Waals surface area contributed by atoms with Crippen molar-refractivity contribution >= 4 is 40.9 Å². The number of carbonyl (C=O) groups is 2. The van der Waals surface area contributed by atoms with Crippen molar-refractivity contribution in [2.45, 2.75) is 18.6 Å². The van der Waals surface area contributed by atoms with Crippen LogP contribution in [0, 0.1) is 18.3 Å². The van der Waals surface area contributed by atoms with E-state index in [1.165, 1.54) is 16.7 Å². The van der Waals surface area contributed by atoms with Gasteiger partial charge in [-0.05, 0) is 43.2 Å². The number of halogens is 1. The summed E-state index contributed by atoms with van der Waals surface area (Å²) in [5.74, 6) is -1.05. The first kappa shape index (κ1) is 19.0. The van der Waals surface area contributed by atoms with E-state index in [-0.39, 0.29) is 16.5 Å². The number of hydrogen-bond acceptors (Lipinski definition) is 4. The van der Waals surface area contributed by atoms with Crippen LogP contribution in [0.5, 0.6) is 0 Å². The average molecular weight is 398 g/mol. The number of primary amides is 1. The Morgan fingerprint density at radius 2 is 2.00 bits per heavy atom. The molecule has 1 heterocycles. The number of aryl methyl sites for hydroxylation is 1. The van der Waals surface area contributed by atoms with Gasteiger partial charge in [0.25, 0.3) is 5.91 Å². The maximum atomic E-state index is 13.1. The normalized spacial score (nSPS) is 18.3. The summed E-state index contributed by atoms with van der Waals surface area (Å²) in [6, 6.07) is 16.4. The third-order valence-corrected chi connectivity index (χ3v) is 5.63. The lowest BCUT2D eigenvalue weighted by Crippen LogP contribution is -2.31. The van der Waals surface area contributed by atoms with Crippen molar-refractivity contribution in [2.75, 3.05) is 4.90 Å². The summed E-state index contributed by atoms with van der Waals surface area (Å²) < 4.78 is 0. The number of amides is 2. The summed E-state index contributed by atoms with van der Waals surface area (Å²) in [5.41, 5.74) is 7.68. The number of nitrogens with two attached hydrogens (primary N) is 1. The molecule has 2 amide bonds. The molecule has 2 N–H and O–H groups in total. The summed E-state index contributed by atoms with van der Waals surface area (Å²) in [4.78, 5) is 26.3. The van der Waals surface area contributed by atoms with Crippen LogP contribution in [-0.4, -0.2) is 17.1 Å². The molecule has 136 valence electrons. The molecule has 0 spiro atoms. The Bertz CT molecular complexity index is 979. The van der Waals surface area contributed by atoms with Crippen molar-refractivity contribution in [3.05, 3.63) is 75.3 Å². The molecule has 5 nitrogen and oxygen atoms in total. The van der Waals surface area contributed by atoms with Gasteiger partial charge in [-0.2, -0.15) is 5.26 Å². The van der Waals surface area contributed by atoms with Crippen molar-refractivity contribution in [1.29, 1.82) is 5.26 Å². The molecule has 0 aliphatic carbocycles. The van der Waals surface area contributed by atoms with Crippen LogP contribution in [0.25, 0.3) is 0 Å². The predicted octanol–water partition coefficient (Wildman–Crippen LogP) is 3.56. The summed E-state index contributed by atoms with van der Waals surface area (Å²) in [6.07, 6.45) is 0.424. The lowest BCUT2D eigenvalue weighted by Gasteiger charge is -2.18. The van der Waals surface area contributed by atoms with Crippen LogP contribution in [0.15, 0.2) is 59.1 Å². The highest BCUT2D eigenvalue weighted by molar-refractivity contribution is 8.05. The highest BCUT2D eigenvalue weighted by Crippen LogP contribution is 2.41. The highest BCUT2D eigenvalue weighted by Gasteiger charge is 2.40. The second-order valence-electron chi connectivity index (χ2n) is 6.11. The number of benzene rings is 2. The molecule has 1 fully saturated rings. The molecule has 0 aromatic heterocycles. The van der Waals surface area contributed by atoms with E-state index in [9.17, 15) is 14.9 Å². The lowest BCUT2D eigenvalue weighted by atomic mass is 10.1. The van der Waals surface area contributed by atoms with E-state index in [0.717, 1.165) is 11.1 Å². The van der Waals surface area contributed by atoms with Crippen LogP contribution < -0.4 is 10.6 Å². The minimum absolute atomic E-state index is 0.201. The van der Waals surface area contributed by atoms with Crippen molar-refractivity contribution in [3.63, 3.8) is 0 Å². The Morgan fingerprint density at radius 3 is 2.59 bits per heavy atom. The fourth-order valence-corrected chi connectivity index (χ4v) is 4.34. The van der Waals surface area contributed by atoms with E-state index >= 15 is 0 Å². The smallest absolute Gasteiger partial charge is 0.262 e. The number of nitriles is 1. The maximum Gasteiger partial charge on any atom is 0.262 e. The van der Waals surface area contributed by atoms with Crippen molar-refractivity contribution < 1.29 is 9.59 Å². The molecule has 1 aliphatic heterocycles. The van der Waals surface area contributed by atoms with E-state index in [4.69, 9.17) is 17.3 Å². The largest absolute Gasteiger partial charge is 0.365 e. The first-order valence-electron chi connectivity index (χ1n) is 8.16. The summed E-state index contributed by atoms with van der Waals surface area (Å²) in [5, 5.41) is 9.76. The minimum Gasteiger partial charge on any atom is -0.365 e. The molecular formula is C20H16ClN3O2S.